The van der Waals surface area contributed by atoms with Crippen LogP contribution >= 0.6 is 0 Å². The first-order valence-electron chi connectivity index (χ1n) is 5.13. The third kappa shape index (κ3) is 2.05. The molecule has 84 valence electrons. The summed E-state index contributed by atoms with van der Waals surface area (Å²) < 4.78 is 4.74. The molecule has 0 bridgehead atoms. The molecule has 0 fully saturated rings. The maximum atomic E-state index is 4.74. The zero-order valence-corrected chi connectivity index (χ0v) is 8.87. The van der Waals surface area contributed by atoms with E-state index in [1.165, 1.54) is 6.26 Å². The average Bonchev–Trinajstić information content (AvgIpc) is 2.89. The van der Waals surface area contributed by atoms with Crippen LogP contribution in [0.5, 0.6) is 0 Å². The molecule has 0 spiro atoms. The molecule has 1 N–H and O–H groups in total. The number of aromatic nitrogens is 4. The third-order valence-electron chi connectivity index (χ3n) is 2.27. The van der Waals surface area contributed by atoms with Crippen molar-refractivity contribution in [2.75, 3.05) is 5.32 Å². The molecule has 0 saturated carbocycles. The van der Waals surface area contributed by atoms with Gasteiger partial charge in [-0.25, -0.2) is 9.97 Å². The molecule has 0 saturated heterocycles. The Hall–Kier alpha value is -2.50. The molecule has 6 heteroatoms. The number of rotatable bonds is 3. The molecular weight excluding hydrogens is 218 g/mol. The van der Waals surface area contributed by atoms with Gasteiger partial charge in [0.1, 0.15) is 23.3 Å². The average molecular weight is 227 g/mol. The smallest absolute Gasteiger partial charge is 0.180 e. The Morgan fingerprint density at radius 3 is 2.94 bits per heavy atom. The van der Waals surface area contributed by atoms with Gasteiger partial charge in [-0.15, -0.1) is 0 Å². The van der Waals surface area contributed by atoms with Crippen LogP contribution < -0.4 is 5.32 Å². The van der Waals surface area contributed by atoms with Gasteiger partial charge in [0.05, 0.1) is 6.54 Å². The molecule has 0 unspecified atom stereocenters. The number of anilines is 1. The lowest BCUT2D eigenvalue weighted by atomic mass is 10.4. The van der Waals surface area contributed by atoms with E-state index >= 15 is 0 Å². The quantitative estimate of drug-likeness (QED) is 0.732. The van der Waals surface area contributed by atoms with Gasteiger partial charge in [0, 0.05) is 18.5 Å². The summed E-state index contributed by atoms with van der Waals surface area (Å²) in [6.07, 6.45) is 4.81. The van der Waals surface area contributed by atoms with E-state index in [1.807, 2.05) is 12.1 Å². The Morgan fingerprint density at radius 1 is 1.12 bits per heavy atom. The minimum absolute atomic E-state index is 0.565. The van der Waals surface area contributed by atoms with Gasteiger partial charge in [-0.05, 0) is 12.1 Å². The van der Waals surface area contributed by atoms with E-state index in [9.17, 15) is 0 Å². The SMILES string of the molecule is c1cnc2nc(NCc3ccon3)ccc2n1. The molecule has 0 aliphatic heterocycles. The molecule has 6 nitrogen and oxygen atoms in total. The summed E-state index contributed by atoms with van der Waals surface area (Å²) in [4.78, 5) is 12.6. The van der Waals surface area contributed by atoms with Crippen molar-refractivity contribution >= 4 is 17.0 Å². The molecular formula is C11H9N5O. The Bertz CT molecular complexity index is 623. The first kappa shape index (κ1) is 9.71. The molecule has 3 rings (SSSR count). The van der Waals surface area contributed by atoms with Crippen molar-refractivity contribution in [2.45, 2.75) is 6.54 Å². The lowest BCUT2D eigenvalue weighted by Gasteiger charge is -2.03. The van der Waals surface area contributed by atoms with Crippen LogP contribution in [0.15, 0.2) is 41.4 Å². The Kier molecular flexibility index (Phi) is 2.38. The van der Waals surface area contributed by atoms with Crippen molar-refractivity contribution in [3.63, 3.8) is 0 Å². The number of nitrogens with zero attached hydrogens (tertiary/aromatic N) is 4. The van der Waals surface area contributed by atoms with Crippen molar-refractivity contribution in [3.8, 4) is 0 Å². The van der Waals surface area contributed by atoms with E-state index in [1.54, 1.807) is 18.5 Å². The molecule has 3 aromatic rings. The van der Waals surface area contributed by atoms with Crippen LogP contribution in [0.25, 0.3) is 11.2 Å². The fourth-order valence-corrected chi connectivity index (χ4v) is 1.46. The van der Waals surface area contributed by atoms with Crippen LogP contribution in [0.4, 0.5) is 5.82 Å². The summed E-state index contributed by atoms with van der Waals surface area (Å²) in [5.74, 6) is 0.737. The third-order valence-corrected chi connectivity index (χ3v) is 2.27. The van der Waals surface area contributed by atoms with Crippen LogP contribution in [0, 0.1) is 0 Å². The topological polar surface area (TPSA) is 76.7 Å². The molecule has 0 aromatic carbocycles. The van der Waals surface area contributed by atoms with E-state index in [0.717, 1.165) is 17.0 Å². The predicted octanol–water partition coefficient (Wildman–Crippen LogP) is 1.62. The molecule has 0 atom stereocenters. The van der Waals surface area contributed by atoms with Crippen molar-refractivity contribution < 1.29 is 4.52 Å². The molecule has 3 aromatic heterocycles. The number of fused-ring (bicyclic) bond motifs is 1. The highest BCUT2D eigenvalue weighted by Crippen LogP contribution is 2.10. The van der Waals surface area contributed by atoms with Crippen LogP contribution in [-0.4, -0.2) is 20.1 Å². The van der Waals surface area contributed by atoms with Gasteiger partial charge in [0.25, 0.3) is 0 Å². The normalized spacial score (nSPS) is 10.6. The molecule has 17 heavy (non-hydrogen) atoms. The van der Waals surface area contributed by atoms with Crippen LogP contribution in [0.2, 0.25) is 0 Å². The first-order chi connectivity index (χ1) is 8.42. The second kappa shape index (κ2) is 4.17. The Balaban J connectivity index is 1.81. The fourth-order valence-electron chi connectivity index (χ4n) is 1.46. The van der Waals surface area contributed by atoms with E-state index in [2.05, 4.69) is 25.4 Å². The Morgan fingerprint density at radius 2 is 2.06 bits per heavy atom. The fraction of sp³-hybridized carbons (Fsp3) is 0.0909. The van der Waals surface area contributed by atoms with Gasteiger partial charge in [-0.3, -0.25) is 4.98 Å². The summed E-state index contributed by atoms with van der Waals surface area (Å²) in [5.41, 5.74) is 2.23. The number of pyridine rings is 1. The van der Waals surface area contributed by atoms with Gasteiger partial charge >= 0.3 is 0 Å². The Labute approximate surface area is 96.7 Å². The minimum atomic E-state index is 0.565. The maximum Gasteiger partial charge on any atom is 0.180 e. The van der Waals surface area contributed by atoms with Crippen molar-refractivity contribution in [1.29, 1.82) is 0 Å². The second-order valence-electron chi connectivity index (χ2n) is 3.44. The summed E-state index contributed by atoms with van der Waals surface area (Å²) in [5, 5.41) is 6.94. The van der Waals surface area contributed by atoms with E-state index in [4.69, 9.17) is 4.52 Å². The van der Waals surface area contributed by atoms with E-state index in [-0.39, 0.29) is 0 Å². The van der Waals surface area contributed by atoms with Crippen molar-refractivity contribution in [2.24, 2.45) is 0 Å². The lowest BCUT2D eigenvalue weighted by Crippen LogP contribution is -2.02. The molecule has 0 aliphatic carbocycles. The summed E-state index contributed by atoms with van der Waals surface area (Å²) in [6, 6.07) is 5.53. The number of hydrogen-bond acceptors (Lipinski definition) is 6. The van der Waals surface area contributed by atoms with Crippen LogP contribution in [0.3, 0.4) is 0 Å². The van der Waals surface area contributed by atoms with E-state index in [0.29, 0.717) is 12.2 Å². The monoisotopic (exact) mass is 227 g/mol. The van der Waals surface area contributed by atoms with Crippen LogP contribution in [0.1, 0.15) is 5.69 Å². The van der Waals surface area contributed by atoms with Gasteiger partial charge in [0.15, 0.2) is 5.65 Å². The second-order valence-corrected chi connectivity index (χ2v) is 3.44. The first-order valence-corrected chi connectivity index (χ1v) is 5.13. The lowest BCUT2D eigenvalue weighted by molar-refractivity contribution is 0.412. The number of hydrogen-bond donors (Lipinski definition) is 1. The van der Waals surface area contributed by atoms with Gasteiger partial charge < -0.3 is 9.84 Å². The summed E-state index contributed by atoms with van der Waals surface area (Å²) in [6.45, 7) is 0.565. The van der Waals surface area contributed by atoms with E-state index < -0.39 is 0 Å². The maximum absolute atomic E-state index is 4.74. The summed E-state index contributed by atoms with van der Waals surface area (Å²) in [7, 11) is 0. The standard InChI is InChI=1S/C11H9N5O/c1-2-10(14-7-8-3-6-17-16-8)15-11-9(1)12-4-5-13-11/h1-6H,7H2,(H,13,14,15). The highest BCUT2D eigenvalue weighted by Gasteiger charge is 2.00. The molecule has 0 amide bonds. The molecule has 0 radical (unpaired) electrons. The number of nitrogens with one attached hydrogen (secondary N) is 1. The van der Waals surface area contributed by atoms with Crippen molar-refractivity contribution in [1.82, 2.24) is 20.1 Å². The minimum Gasteiger partial charge on any atom is -0.364 e. The summed E-state index contributed by atoms with van der Waals surface area (Å²) >= 11 is 0. The largest absolute Gasteiger partial charge is 0.364 e. The highest BCUT2D eigenvalue weighted by atomic mass is 16.5. The zero-order chi connectivity index (χ0) is 11.5. The van der Waals surface area contributed by atoms with Crippen molar-refractivity contribution in [3.05, 3.63) is 42.5 Å². The van der Waals surface area contributed by atoms with Gasteiger partial charge in [-0.2, -0.15) is 0 Å². The van der Waals surface area contributed by atoms with Crippen LogP contribution in [-0.2, 0) is 6.54 Å². The van der Waals surface area contributed by atoms with Gasteiger partial charge in [-0.1, -0.05) is 5.16 Å². The molecule has 0 aliphatic rings. The predicted molar refractivity (Wildman–Crippen MR) is 61.2 cm³/mol. The molecule has 3 heterocycles. The van der Waals surface area contributed by atoms with Gasteiger partial charge in [0.2, 0.25) is 0 Å². The highest BCUT2D eigenvalue weighted by molar-refractivity contribution is 5.71. The zero-order valence-electron chi connectivity index (χ0n) is 8.87.